The summed E-state index contributed by atoms with van der Waals surface area (Å²) in [5.74, 6) is -0.588. The summed E-state index contributed by atoms with van der Waals surface area (Å²) in [6.45, 7) is 1.14. The highest BCUT2D eigenvalue weighted by atomic mass is 35.5. The second-order valence-corrected chi connectivity index (χ2v) is 4.10. The molecule has 0 bridgehead atoms. The Morgan fingerprint density at radius 2 is 2.11 bits per heavy atom. The van der Waals surface area contributed by atoms with Crippen molar-refractivity contribution in [2.24, 2.45) is 0 Å². The van der Waals surface area contributed by atoms with E-state index in [0.717, 1.165) is 11.6 Å². The van der Waals surface area contributed by atoms with Crippen molar-refractivity contribution in [3.63, 3.8) is 0 Å². The lowest BCUT2D eigenvalue weighted by atomic mass is 10.3. The summed E-state index contributed by atoms with van der Waals surface area (Å²) in [6.07, 6.45) is -3.29. The number of hydrogen-bond donors (Lipinski definition) is 0. The Hall–Kier alpha value is -1.89. The Balaban J connectivity index is 2.66. The van der Waals surface area contributed by atoms with Gasteiger partial charge in [-0.1, -0.05) is 11.6 Å². The molecule has 0 aromatic carbocycles. The fraction of sp³-hybridized carbons (Fsp3) is 0.182. The molecule has 0 unspecified atom stereocenters. The van der Waals surface area contributed by atoms with Crippen LogP contribution in [-0.4, -0.2) is 20.5 Å². The van der Waals surface area contributed by atoms with Gasteiger partial charge in [0.2, 0.25) is 0 Å². The van der Waals surface area contributed by atoms with Gasteiger partial charge in [-0.05, 0) is 12.1 Å². The summed E-state index contributed by atoms with van der Waals surface area (Å²) in [4.78, 5) is 15.2. The number of carbonyl (C=O) groups is 1. The number of hydrogen-bond acceptors (Lipinski definition) is 3. The molecule has 2 heterocycles. The highest BCUT2D eigenvalue weighted by Gasteiger charge is 2.36. The molecule has 0 spiro atoms. The van der Waals surface area contributed by atoms with Crippen LogP contribution in [0.25, 0.3) is 5.82 Å². The van der Waals surface area contributed by atoms with Crippen molar-refractivity contribution in [1.29, 1.82) is 0 Å². The lowest BCUT2D eigenvalue weighted by Crippen LogP contribution is -2.10. The van der Waals surface area contributed by atoms with Crippen molar-refractivity contribution in [2.75, 3.05) is 0 Å². The molecule has 0 saturated carbocycles. The third-order valence-corrected chi connectivity index (χ3v) is 2.60. The number of rotatable bonds is 2. The minimum absolute atomic E-state index is 0.0233. The second kappa shape index (κ2) is 4.65. The Morgan fingerprint density at radius 3 is 2.63 bits per heavy atom. The lowest BCUT2D eigenvalue weighted by Gasteiger charge is -2.05. The summed E-state index contributed by atoms with van der Waals surface area (Å²) >= 11 is 5.84. The van der Waals surface area contributed by atoms with Crippen molar-refractivity contribution in [3.05, 3.63) is 40.8 Å². The monoisotopic (exact) mass is 289 g/mol. The van der Waals surface area contributed by atoms with Crippen molar-refractivity contribution in [3.8, 4) is 5.82 Å². The molecule has 0 radical (unpaired) electrons. The summed E-state index contributed by atoms with van der Waals surface area (Å²) in [6, 6.07) is 3.64. The van der Waals surface area contributed by atoms with Gasteiger partial charge in [-0.3, -0.25) is 4.79 Å². The van der Waals surface area contributed by atoms with Crippen LogP contribution >= 0.6 is 11.6 Å². The van der Waals surface area contributed by atoms with Crippen LogP contribution in [0.15, 0.2) is 24.4 Å². The molecule has 2 aromatic heterocycles. The van der Waals surface area contributed by atoms with E-state index >= 15 is 0 Å². The minimum atomic E-state index is -4.64. The number of alkyl halides is 3. The van der Waals surface area contributed by atoms with Crippen LogP contribution in [0.3, 0.4) is 0 Å². The van der Waals surface area contributed by atoms with Crippen molar-refractivity contribution in [1.82, 2.24) is 14.8 Å². The summed E-state index contributed by atoms with van der Waals surface area (Å²) in [5, 5.41) is 3.46. The van der Waals surface area contributed by atoms with Crippen LogP contribution in [0.5, 0.6) is 0 Å². The molecule has 0 fully saturated rings. The first kappa shape index (κ1) is 13.5. The normalized spacial score (nSPS) is 11.6. The SMILES string of the molecule is CC(=O)c1cc(C(F)(F)F)nn1-c1ncccc1Cl. The van der Waals surface area contributed by atoms with E-state index in [9.17, 15) is 18.0 Å². The standard InChI is InChI=1S/C11H7ClF3N3O/c1-6(19)8-5-9(11(13,14)15)17-18(8)10-7(12)3-2-4-16-10/h2-5H,1H3. The number of halogens is 4. The first-order valence-electron chi connectivity index (χ1n) is 5.10. The average Bonchev–Trinajstić information content (AvgIpc) is 2.74. The highest BCUT2D eigenvalue weighted by molar-refractivity contribution is 6.32. The molecular formula is C11H7ClF3N3O. The van der Waals surface area contributed by atoms with E-state index < -0.39 is 17.7 Å². The van der Waals surface area contributed by atoms with Gasteiger partial charge in [0.25, 0.3) is 0 Å². The summed E-state index contributed by atoms with van der Waals surface area (Å²) < 4.78 is 38.7. The van der Waals surface area contributed by atoms with Crippen molar-refractivity contribution < 1.29 is 18.0 Å². The van der Waals surface area contributed by atoms with Crippen LogP contribution in [0, 0.1) is 0 Å². The Kier molecular flexibility index (Phi) is 3.32. The highest BCUT2D eigenvalue weighted by Crippen LogP contribution is 2.30. The van der Waals surface area contributed by atoms with E-state index in [0.29, 0.717) is 6.07 Å². The predicted molar refractivity (Wildman–Crippen MR) is 61.4 cm³/mol. The maximum atomic E-state index is 12.6. The van der Waals surface area contributed by atoms with Crippen LogP contribution in [0.2, 0.25) is 5.02 Å². The van der Waals surface area contributed by atoms with Gasteiger partial charge in [0.05, 0.1) is 5.02 Å². The number of Topliss-reactive ketones (excluding diaryl/α,β-unsaturated/α-hetero) is 1. The van der Waals surface area contributed by atoms with E-state index in [-0.39, 0.29) is 16.5 Å². The Morgan fingerprint density at radius 1 is 1.42 bits per heavy atom. The molecule has 0 N–H and O–H groups in total. The number of ketones is 1. The number of aromatic nitrogens is 3. The van der Waals surface area contributed by atoms with E-state index in [4.69, 9.17) is 11.6 Å². The number of nitrogens with zero attached hydrogens (tertiary/aromatic N) is 3. The van der Waals surface area contributed by atoms with Gasteiger partial charge in [0.1, 0.15) is 5.69 Å². The molecule has 100 valence electrons. The van der Waals surface area contributed by atoms with Gasteiger partial charge >= 0.3 is 6.18 Å². The lowest BCUT2D eigenvalue weighted by molar-refractivity contribution is -0.141. The fourth-order valence-electron chi connectivity index (χ4n) is 1.47. The molecule has 2 rings (SSSR count). The molecule has 0 aliphatic rings. The van der Waals surface area contributed by atoms with E-state index in [1.165, 1.54) is 18.3 Å². The van der Waals surface area contributed by atoms with Gasteiger partial charge < -0.3 is 0 Å². The van der Waals surface area contributed by atoms with Gasteiger partial charge in [-0.15, -0.1) is 0 Å². The van der Waals surface area contributed by atoms with E-state index in [1.807, 2.05) is 0 Å². The molecule has 0 saturated heterocycles. The Bertz CT molecular complexity index is 636. The van der Waals surface area contributed by atoms with Crippen molar-refractivity contribution >= 4 is 17.4 Å². The summed E-state index contributed by atoms with van der Waals surface area (Å²) in [7, 11) is 0. The topological polar surface area (TPSA) is 47.8 Å². The van der Waals surface area contributed by atoms with Crippen LogP contribution in [0.1, 0.15) is 23.1 Å². The third-order valence-electron chi connectivity index (χ3n) is 2.30. The molecule has 2 aromatic rings. The maximum absolute atomic E-state index is 12.6. The van der Waals surface area contributed by atoms with Crippen molar-refractivity contribution in [2.45, 2.75) is 13.1 Å². The van der Waals surface area contributed by atoms with Gasteiger partial charge in [-0.2, -0.15) is 18.3 Å². The molecule has 4 nitrogen and oxygen atoms in total. The minimum Gasteiger partial charge on any atom is -0.293 e. The first-order chi connectivity index (χ1) is 8.80. The third kappa shape index (κ3) is 2.60. The molecule has 19 heavy (non-hydrogen) atoms. The average molecular weight is 290 g/mol. The van der Waals surface area contributed by atoms with E-state index in [1.54, 1.807) is 0 Å². The van der Waals surface area contributed by atoms with Crippen LogP contribution in [0.4, 0.5) is 13.2 Å². The van der Waals surface area contributed by atoms with Gasteiger partial charge in [0.15, 0.2) is 17.3 Å². The fourth-order valence-corrected chi connectivity index (χ4v) is 1.67. The predicted octanol–water partition coefficient (Wildman–Crippen LogP) is 3.14. The first-order valence-corrected chi connectivity index (χ1v) is 5.47. The summed E-state index contributed by atoms with van der Waals surface area (Å²) in [5.41, 5.74) is -1.40. The quantitative estimate of drug-likeness (QED) is 0.798. The molecule has 0 atom stereocenters. The molecule has 8 heteroatoms. The molecule has 0 aliphatic carbocycles. The largest absolute Gasteiger partial charge is 0.435 e. The zero-order valence-electron chi connectivity index (χ0n) is 9.57. The zero-order chi connectivity index (χ0) is 14.2. The zero-order valence-corrected chi connectivity index (χ0v) is 10.3. The van der Waals surface area contributed by atoms with E-state index in [2.05, 4.69) is 10.1 Å². The Labute approximate surface area is 110 Å². The number of carbonyl (C=O) groups excluding carboxylic acids is 1. The van der Waals surface area contributed by atoms with Crippen LogP contribution < -0.4 is 0 Å². The molecule has 0 amide bonds. The second-order valence-electron chi connectivity index (χ2n) is 3.69. The smallest absolute Gasteiger partial charge is 0.293 e. The molecule has 0 aliphatic heterocycles. The number of pyridine rings is 1. The van der Waals surface area contributed by atoms with Crippen LogP contribution in [-0.2, 0) is 6.18 Å². The van der Waals surface area contributed by atoms with Gasteiger partial charge in [-0.25, -0.2) is 9.67 Å². The molecular weight excluding hydrogens is 283 g/mol. The van der Waals surface area contributed by atoms with Gasteiger partial charge in [0, 0.05) is 19.2 Å². The maximum Gasteiger partial charge on any atom is 0.435 e.